The Morgan fingerprint density at radius 2 is 1.75 bits per heavy atom. The number of carbonyl (C=O) groups is 1. The summed E-state index contributed by atoms with van der Waals surface area (Å²) in [6.07, 6.45) is 0. The Morgan fingerprint density at radius 3 is 2.50 bits per heavy atom. The van der Waals surface area contributed by atoms with Gasteiger partial charge < -0.3 is 9.72 Å². The van der Waals surface area contributed by atoms with Crippen LogP contribution in [0.1, 0.15) is 21.6 Å². The van der Waals surface area contributed by atoms with Gasteiger partial charge in [-0.15, -0.1) is 0 Å². The fraction of sp³-hybridized carbons (Fsp3) is 0.118. The summed E-state index contributed by atoms with van der Waals surface area (Å²) in [7, 11) is 1.57. The molecule has 0 amide bonds. The van der Waals surface area contributed by atoms with Gasteiger partial charge in [-0.1, -0.05) is 30.3 Å². The molecule has 1 N–H and O–H groups in total. The summed E-state index contributed by atoms with van der Waals surface area (Å²) in [5.74, 6) is 0.548. The third-order valence-corrected chi connectivity index (χ3v) is 3.54. The molecule has 1 aromatic heterocycles. The van der Waals surface area contributed by atoms with Crippen molar-refractivity contribution in [1.82, 2.24) is 4.98 Å². The molecule has 0 saturated carbocycles. The van der Waals surface area contributed by atoms with Crippen LogP contribution in [0.25, 0.3) is 10.9 Å². The number of fused-ring (bicyclic) bond motifs is 1. The van der Waals surface area contributed by atoms with Gasteiger partial charge in [0.2, 0.25) is 5.78 Å². The predicted octanol–water partition coefficient (Wildman–Crippen LogP) is 3.72. The van der Waals surface area contributed by atoms with Crippen LogP contribution in [-0.2, 0) is 0 Å². The highest BCUT2D eigenvalue weighted by molar-refractivity contribution is 6.13. The van der Waals surface area contributed by atoms with E-state index in [4.69, 9.17) is 4.74 Å². The minimum Gasteiger partial charge on any atom is -0.496 e. The van der Waals surface area contributed by atoms with Gasteiger partial charge in [-0.3, -0.25) is 4.79 Å². The molecule has 20 heavy (non-hydrogen) atoms. The second-order valence-electron chi connectivity index (χ2n) is 4.70. The van der Waals surface area contributed by atoms with Crippen LogP contribution < -0.4 is 4.74 Å². The lowest BCUT2D eigenvalue weighted by Gasteiger charge is -2.06. The van der Waals surface area contributed by atoms with E-state index in [1.54, 1.807) is 19.2 Å². The molecule has 3 nitrogen and oxygen atoms in total. The number of carbonyl (C=O) groups excluding carboxylic acids is 1. The van der Waals surface area contributed by atoms with E-state index in [9.17, 15) is 4.79 Å². The summed E-state index contributed by atoms with van der Waals surface area (Å²) < 4.78 is 5.27. The van der Waals surface area contributed by atoms with Gasteiger partial charge in [-0.2, -0.15) is 0 Å². The number of hydrogen-bond acceptors (Lipinski definition) is 2. The summed E-state index contributed by atoms with van der Waals surface area (Å²) in [4.78, 5) is 15.9. The molecular formula is C17H15NO2. The van der Waals surface area contributed by atoms with E-state index in [0.717, 1.165) is 16.5 Å². The van der Waals surface area contributed by atoms with Gasteiger partial charge in [0.1, 0.15) is 5.75 Å². The van der Waals surface area contributed by atoms with Gasteiger partial charge in [0.25, 0.3) is 0 Å². The Balaban J connectivity index is 2.15. The van der Waals surface area contributed by atoms with Gasteiger partial charge in [0.05, 0.1) is 18.4 Å². The number of nitrogens with one attached hydrogen (secondary N) is 1. The van der Waals surface area contributed by atoms with E-state index >= 15 is 0 Å². The molecule has 0 aliphatic rings. The zero-order valence-electron chi connectivity index (χ0n) is 11.4. The zero-order valence-corrected chi connectivity index (χ0v) is 11.4. The maximum atomic E-state index is 12.7. The highest BCUT2D eigenvalue weighted by atomic mass is 16.5. The topological polar surface area (TPSA) is 42.1 Å². The van der Waals surface area contributed by atoms with Crippen LogP contribution in [0.15, 0.2) is 48.5 Å². The van der Waals surface area contributed by atoms with E-state index in [2.05, 4.69) is 4.98 Å². The maximum absolute atomic E-state index is 12.7. The lowest BCUT2D eigenvalue weighted by atomic mass is 10.0. The second kappa shape index (κ2) is 4.85. The Bertz CT molecular complexity index is 787. The molecule has 0 saturated heterocycles. The van der Waals surface area contributed by atoms with Crippen molar-refractivity contribution in [3.63, 3.8) is 0 Å². The third-order valence-electron chi connectivity index (χ3n) is 3.54. The van der Waals surface area contributed by atoms with Gasteiger partial charge >= 0.3 is 0 Å². The Labute approximate surface area is 117 Å². The summed E-state index contributed by atoms with van der Waals surface area (Å²) in [5.41, 5.74) is 3.14. The monoisotopic (exact) mass is 265 g/mol. The Kier molecular flexibility index (Phi) is 3.03. The number of H-pyrrole nitrogens is 1. The van der Waals surface area contributed by atoms with Crippen LogP contribution in [-0.4, -0.2) is 17.9 Å². The number of hydrogen-bond donors (Lipinski definition) is 1. The zero-order chi connectivity index (χ0) is 14.1. The van der Waals surface area contributed by atoms with Crippen LogP contribution in [0, 0.1) is 6.92 Å². The van der Waals surface area contributed by atoms with Crippen molar-refractivity contribution >= 4 is 16.7 Å². The molecule has 0 atom stereocenters. The minimum absolute atomic E-state index is 0.0452. The number of methoxy groups -OCH3 is 1. The predicted molar refractivity (Wildman–Crippen MR) is 79.5 cm³/mol. The normalized spacial score (nSPS) is 10.7. The average molecular weight is 265 g/mol. The number of para-hydroxylation sites is 2. The number of aryl methyl sites for hydroxylation is 1. The molecule has 0 aliphatic heterocycles. The van der Waals surface area contributed by atoms with Crippen LogP contribution in [0.4, 0.5) is 0 Å². The number of ketones is 1. The summed E-state index contributed by atoms with van der Waals surface area (Å²) >= 11 is 0. The van der Waals surface area contributed by atoms with Crippen molar-refractivity contribution in [3.8, 4) is 5.75 Å². The quantitative estimate of drug-likeness (QED) is 0.733. The van der Waals surface area contributed by atoms with Crippen LogP contribution in [0.5, 0.6) is 5.75 Å². The minimum atomic E-state index is -0.0452. The van der Waals surface area contributed by atoms with E-state index in [1.165, 1.54) is 0 Å². The molecule has 3 heteroatoms. The fourth-order valence-electron chi connectivity index (χ4n) is 2.48. The SMILES string of the molecule is COc1ccccc1C(=O)c1[nH]c2ccccc2c1C. The van der Waals surface area contributed by atoms with E-state index in [0.29, 0.717) is 17.0 Å². The van der Waals surface area contributed by atoms with Crippen LogP contribution >= 0.6 is 0 Å². The molecule has 3 rings (SSSR count). The first-order valence-corrected chi connectivity index (χ1v) is 6.47. The Hall–Kier alpha value is -2.55. The first kappa shape index (κ1) is 12.5. The average Bonchev–Trinajstić information content (AvgIpc) is 2.84. The molecule has 2 aromatic carbocycles. The number of aromatic amines is 1. The standard InChI is InChI=1S/C17H15NO2/c1-11-12-7-3-5-9-14(12)18-16(11)17(19)13-8-4-6-10-15(13)20-2/h3-10,18H,1-2H3. The fourth-order valence-corrected chi connectivity index (χ4v) is 2.48. The van der Waals surface area contributed by atoms with Crippen molar-refractivity contribution in [3.05, 3.63) is 65.4 Å². The van der Waals surface area contributed by atoms with Gasteiger partial charge in [-0.25, -0.2) is 0 Å². The first-order chi connectivity index (χ1) is 9.72. The summed E-state index contributed by atoms with van der Waals surface area (Å²) in [5, 5.41) is 1.07. The number of aromatic nitrogens is 1. The maximum Gasteiger partial charge on any atom is 0.213 e. The van der Waals surface area contributed by atoms with Crippen molar-refractivity contribution in [1.29, 1.82) is 0 Å². The summed E-state index contributed by atoms with van der Waals surface area (Å²) in [6, 6.07) is 15.2. The first-order valence-electron chi connectivity index (χ1n) is 6.47. The van der Waals surface area contributed by atoms with Crippen molar-refractivity contribution in [2.24, 2.45) is 0 Å². The molecule has 0 bridgehead atoms. The molecule has 3 aromatic rings. The summed E-state index contributed by atoms with van der Waals surface area (Å²) in [6.45, 7) is 1.96. The highest BCUT2D eigenvalue weighted by Gasteiger charge is 2.19. The number of ether oxygens (including phenoxy) is 1. The lowest BCUT2D eigenvalue weighted by molar-refractivity contribution is 0.103. The molecule has 1 heterocycles. The molecule has 100 valence electrons. The highest BCUT2D eigenvalue weighted by Crippen LogP contribution is 2.26. The van der Waals surface area contributed by atoms with Crippen LogP contribution in [0.2, 0.25) is 0 Å². The van der Waals surface area contributed by atoms with E-state index in [1.807, 2.05) is 43.3 Å². The number of rotatable bonds is 3. The van der Waals surface area contributed by atoms with Gasteiger partial charge in [0, 0.05) is 10.9 Å². The number of benzene rings is 2. The lowest BCUT2D eigenvalue weighted by Crippen LogP contribution is -2.05. The third kappa shape index (κ3) is 1.88. The van der Waals surface area contributed by atoms with Gasteiger partial charge in [-0.05, 0) is 30.7 Å². The van der Waals surface area contributed by atoms with Crippen LogP contribution in [0.3, 0.4) is 0 Å². The smallest absolute Gasteiger partial charge is 0.213 e. The second-order valence-corrected chi connectivity index (χ2v) is 4.70. The molecule has 0 spiro atoms. The van der Waals surface area contributed by atoms with Crippen molar-refractivity contribution in [2.75, 3.05) is 7.11 Å². The van der Waals surface area contributed by atoms with E-state index in [-0.39, 0.29) is 5.78 Å². The van der Waals surface area contributed by atoms with Crippen molar-refractivity contribution in [2.45, 2.75) is 6.92 Å². The molecule has 0 unspecified atom stereocenters. The molecule has 0 radical (unpaired) electrons. The van der Waals surface area contributed by atoms with E-state index < -0.39 is 0 Å². The van der Waals surface area contributed by atoms with Gasteiger partial charge in [0.15, 0.2) is 0 Å². The molecular weight excluding hydrogens is 250 g/mol. The Morgan fingerprint density at radius 1 is 1.05 bits per heavy atom. The van der Waals surface area contributed by atoms with Crippen molar-refractivity contribution < 1.29 is 9.53 Å². The molecule has 0 fully saturated rings. The largest absolute Gasteiger partial charge is 0.496 e. The molecule has 0 aliphatic carbocycles.